The topological polar surface area (TPSA) is 18.5 Å². The van der Waals surface area contributed by atoms with Crippen LogP contribution in [0.1, 0.15) is 87.2 Å². The van der Waals surface area contributed by atoms with Crippen molar-refractivity contribution >= 4 is 0 Å². The van der Waals surface area contributed by atoms with Crippen LogP contribution in [-0.4, -0.2) is 0 Å². The van der Waals surface area contributed by atoms with Crippen LogP contribution in [0, 0.1) is 0 Å². The maximum atomic E-state index is 6.07. The fraction of sp³-hybridized carbons (Fsp3) is 0.500. The average Bonchev–Trinajstić information content (AvgIpc) is 2.75. The summed E-state index contributed by atoms with van der Waals surface area (Å²) in [7, 11) is 0. The molecule has 156 valence electrons. The van der Waals surface area contributed by atoms with Gasteiger partial charge in [0.25, 0.3) is 0 Å². The van der Waals surface area contributed by atoms with E-state index in [1.54, 1.807) is 0 Å². The molecule has 0 heterocycles. The minimum absolute atomic E-state index is 0. The maximum absolute atomic E-state index is 6.07. The molecule has 2 nitrogen and oxygen atoms in total. The number of halogens is 2. The van der Waals surface area contributed by atoms with Crippen molar-refractivity contribution in [3.63, 3.8) is 0 Å². The van der Waals surface area contributed by atoms with Gasteiger partial charge < -0.3 is 24.8 Å². The van der Waals surface area contributed by atoms with Crippen LogP contribution in [-0.2, 0) is 24.1 Å². The summed E-state index contributed by atoms with van der Waals surface area (Å²) in [6.07, 6.45) is 13.6. The molecule has 2 aromatic rings. The predicted octanol–water partition coefficient (Wildman–Crippen LogP) is 1.16. The van der Waals surface area contributed by atoms with E-state index in [-0.39, 0.29) is 24.8 Å². The summed E-state index contributed by atoms with van der Waals surface area (Å²) in [6, 6.07) is 17.5. The SMILES string of the molecule is [Cl-].[Cl-].c1cc([O][Zr+2][O]c2cccc(C3CCCCC3)c2)cc(C2CCCCC2)c1. The quantitative estimate of drug-likeness (QED) is 0.579. The van der Waals surface area contributed by atoms with Gasteiger partial charge in [-0.25, -0.2) is 0 Å². The number of hydrogen-bond acceptors (Lipinski definition) is 2. The number of hydrogen-bond donors (Lipinski definition) is 0. The van der Waals surface area contributed by atoms with Crippen molar-refractivity contribution in [2.45, 2.75) is 76.0 Å². The van der Waals surface area contributed by atoms with Crippen LogP contribution >= 0.6 is 0 Å². The van der Waals surface area contributed by atoms with E-state index in [4.69, 9.17) is 5.63 Å². The Morgan fingerprint density at radius 3 is 1.41 bits per heavy atom. The molecule has 5 heteroatoms. The minimum atomic E-state index is -1.37. The Kier molecular flexibility index (Phi) is 11.1. The second kappa shape index (κ2) is 13.0. The van der Waals surface area contributed by atoms with Gasteiger partial charge in [0.05, 0.1) is 0 Å². The van der Waals surface area contributed by atoms with Gasteiger partial charge in [-0.2, -0.15) is 0 Å². The molecule has 2 aliphatic carbocycles. The molecule has 0 radical (unpaired) electrons. The van der Waals surface area contributed by atoms with Crippen molar-refractivity contribution in [3.05, 3.63) is 59.7 Å². The summed E-state index contributed by atoms with van der Waals surface area (Å²) in [6.45, 7) is 0. The Morgan fingerprint density at radius 2 is 1.00 bits per heavy atom. The Labute approximate surface area is 200 Å². The van der Waals surface area contributed by atoms with E-state index < -0.39 is 24.1 Å². The van der Waals surface area contributed by atoms with E-state index in [1.807, 2.05) is 0 Å². The Balaban J connectivity index is 0.00000150. The van der Waals surface area contributed by atoms with Gasteiger partial charge in [-0.15, -0.1) is 0 Å². The van der Waals surface area contributed by atoms with E-state index in [2.05, 4.69) is 48.5 Å². The summed E-state index contributed by atoms with van der Waals surface area (Å²) < 4.78 is 12.1. The van der Waals surface area contributed by atoms with Crippen molar-refractivity contribution in [3.8, 4) is 11.5 Å². The average molecular weight is 513 g/mol. The van der Waals surface area contributed by atoms with Crippen LogP contribution in [0.4, 0.5) is 0 Å². The molecule has 0 saturated heterocycles. The molecule has 2 fully saturated rings. The summed E-state index contributed by atoms with van der Waals surface area (Å²) in [5.74, 6) is 3.43. The first-order chi connectivity index (χ1) is 13.4. The number of rotatable bonds is 6. The Morgan fingerprint density at radius 1 is 0.586 bits per heavy atom. The van der Waals surface area contributed by atoms with Gasteiger partial charge in [-0.05, 0) is 0 Å². The van der Waals surface area contributed by atoms with Crippen molar-refractivity contribution < 1.29 is 54.6 Å². The molecule has 0 N–H and O–H groups in total. The normalized spacial score (nSPS) is 17.4. The molecule has 4 rings (SSSR count). The molecule has 29 heavy (non-hydrogen) atoms. The van der Waals surface area contributed by atoms with E-state index in [0.717, 1.165) is 23.3 Å². The summed E-state index contributed by atoms with van der Waals surface area (Å²) in [5, 5.41) is 0. The van der Waals surface area contributed by atoms with Gasteiger partial charge in [0.2, 0.25) is 0 Å². The molecule has 0 bridgehead atoms. The van der Waals surface area contributed by atoms with E-state index in [0.29, 0.717) is 0 Å². The van der Waals surface area contributed by atoms with Crippen LogP contribution in [0.5, 0.6) is 11.5 Å². The molecule has 2 saturated carbocycles. The van der Waals surface area contributed by atoms with Crippen LogP contribution in [0.15, 0.2) is 48.5 Å². The number of benzene rings is 2. The monoisotopic (exact) mass is 510 g/mol. The third-order valence-electron chi connectivity index (χ3n) is 6.19. The molecule has 0 amide bonds. The van der Waals surface area contributed by atoms with Crippen LogP contribution in [0.2, 0.25) is 0 Å². The van der Waals surface area contributed by atoms with Crippen LogP contribution < -0.4 is 30.4 Å². The Bertz CT molecular complexity index is 667. The second-order valence-electron chi connectivity index (χ2n) is 8.10. The zero-order valence-corrected chi connectivity index (χ0v) is 20.9. The molecule has 2 aromatic carbocycles. The van der Waals surface area contributed by atoms with Crippen LogP contribution in [0.3, 0.4) is 0 Å². The van der Waals surface area contributed by atoms with Crippen molar-refractivity contribution in [2.24, 2.45) is 0 Å². The van der Waals surface area contributed by atoms with Gasteiger partial charge in [-0.3, -0.25) is 0 Å². The predicted molar refractivity (Wildman–Crippen MR) is 106 cm³/mol. The first-order valence-corrected chi connectivity index (χ1v) is 12.7. The van der Waals surface area contributed by atoms with Gasteiger partial charge in [0, 0.05) is 0 Å². The molecule has 0 unspecified atom stereocenters. The first kappa shape index (κ1) is 24.8. The summed E-state index contributed by atoms with van der Waals surface area (Å²) in [4.78, 5) is 0. The van der Waals surface area contributed by atoms with Crippen LogP contribution in [0.25, 0.3) is 0 Å². The molecule has 0 atom stereocenters. The molecule has 2 aliphatic rings. The van der Waals surface area contributed by atoms with E-state index >= 15 is 0 Å². The van der Waals surface area contributed by atoms with E-state index in [1.165, 1.54) is 75.3 Å². The molecular weight excluding hydrogens is 482 g/mol. The summed E-state index contributed by atoms with van der Waals surface area (Å²) >= 11 is -1.37. The fourth-order valence-electron chi connectivity index (χ4n) is 4.65. The molecule has 0 spiro atoms. The third-order valence-corrected chi connectivity index (χ3v) is 7.76. The second-order valence-corrected chi connectivity index (χ2v) is 9.52. The Hall–Kier alpha value is -0.497. The van der Waals surface area contributed by atoms with Crippen molar-refractivity contribution in [1.82, 2.24) is 0 Å². The van der Waals surface area contributed by atoms with Gasteiger partial charge in [0.1, 0.15) is 0 Å². The third kappa shape index (κ3) is 7.30. The molecule has 0 aromatic heterocycles. The standard InChI is InChI=1S/2C12H16O.2ClH.Zr/c2*13-12-8-4-7-11(9-12)10-5-2-1-3-6-10;;;/h2*4,7-10,13H,1-3,5-6H2;2*1H;/q;;;;+4/p-4. The van der Waals surface area contributed by atoms with Gasteiger partial charge in [0.15, 0.2) is 0 Å². The van der Waals surface area contributed by atoms with Gasteiger partial charge >= 0.3 is 177 Å². The van der Waals surface area contributed by atoms with Gasteiger partial charge in [-0.1, -0.05) is 0 Å². The zero-order valence-electron chi connectivity index (χ0n) is 16.9. The fourth-order valence-corrected chi connectivity index (χ4v) is 5.85. The summed E-state index contributed by atoms with van der Waals surface area (Å²) in [5.41, 5.74) is 2.90. The molecule has 0 aliphatic heterocycles. The van der Waals surface area contributed by atoms with E-state index in [9.17, 15) is 0 Å². The zero-order chi connectivity index (χ0) is 18.3. The van der Waals surface area contributed by atoms with Crippen molar-refractivity contribution in [1.29, 1.82) is 0 Å². The van der Waals surface area contributed by atoms with Crippen molar-refractivity contribution in [2.75, 3.05) is 0 Å². The molecular formula is C24H30Cl2O2Zr. The first-order valence-electron chi connectivity index (χ1n) is 10.7.